The van der Waals surface area contributed by atoms with Gasteiger partial charge in [0.25, 0.3) is 5.91 Å². The summed E-state index contributed by atoms with van der Waals surface area (Å²) in [5, 5.41) is 5.71. The molecule has 2 aromatic rings. The van der Waals surface area contributed by atoms with Gasteiger partial charge in [-0.25, -0.2) is 4.79 Å². The summed E-state index contributed by atoms with van der Waals surface area (Å²) in [7, 11) is 0. The van der Waals surface area contributed by atoms with Crippen LogP contribution in [0.5, 0.6) is 0 Å². The Morgan fingerprint density at radius 2 is 1.90 bits per heavy atom. The summed E-state index contributed by atoms with van der Waals surface area (Å²) in [6.45, 7) is 3.70. The molecule has 0 aliphatic heterocycles. The van der Waals surface area contributed by atoms with Crippen LogP contribution in [0.3, 0.4) is 0 Å². The minimum Gasteiger partial charge on any atom is -0.463 e. The highest BCUT2D eigenvalue weighted by Crippen LogP contribution is 2.34. The zero-order chi connectivity index (χ0) is 21.4. The third-order valence-corrected chi connectivity index (χ3v) is 5.23. The molecule has 0 unspecified atom stereocenters. The molecule has 9 heteroatoms. The van der Waals surface area contributed by atoms with E-state index >= 15 is 0 Å². The van der Waals surface area contributed by atoms with Crippen LogP contribution < -0.4 is 16.4 Å². The molecule has 0 saturated carbocycles. The highest BCUT2D eigenvalue weighted by atomic mass is 32.1. The second-order valence-corrected chi connectivity index (χ2v) is 7.42. The maximum atomic E-state index is 11.9. The van der Waals surface area contributed by atoms with Gasteiger partial charge in [-0.15, -0.1) is 11.3 Å². The van der Waals surface area contributed by atoms with Gasteiger partial charge in [0, 0.05) is 23.5 Å². The molecule has 1 heterocycles. The number of benzene rings is 1. The van der Waals surface area contributed by atoms with E-state index in [9.17, 15) is 14.4 Å². The van der Waals surface area contributed by atoms with Gasteiger partial charge in [-0.05, 0) is 37.2 Å². The standard InChI is InChI=1S/C20H21N3O4S2/c1-3-27-16(25)10-9-15(24)22-20(28)23-19-17(18(21)26)12(2)14(29-19)11-13-7-5-4-6-8-13/h4-10H,3,11H2,1-2H3,(H2,21,26)(H2,22,23,24,28)/b10-9+. The average molecular weight is 432 g/mol. The first-order valence-electron chi connectivity index (χ1n) is 8.74. The molecule has 2 rings (SSSR count). The van der Waals surface area contributed by atoms with E-state index in [1.54, 1.807) is 6.92 Å². The Balaban J connectivity index is 2.12. The van der Waals surface area contributed by atoms with E-state index in [0.717, 1.165) is 28.2 Å². The fraction of sp³-hybridized carbons (Fsp3) is 0.200. The normalized spacial score (nSPS) is 10.6. The molecule has 0 aliphatic carbocycles. The topological polar surface area (TPSA) is 111 Å². The van der Waals surface area contributed by atoms with Crippen molar-refractivity contribution in [1.82, 2.24) is 5.32 Å². The van der Waals surface area contributed by atoms with E-state index in [1.165, 1.54) is 11.3 Å². The Kier molecular flexibility index (Phi) is 8.05. The van der Waals surface area contributed by atoms with Gasteiger partial charge in [-0.1, -0.05) is 30.3 Å². The van der Waals surface area contributed by atoms with Crippen molar-refractivity contribution >= 4 is 51.5 Å². The van der Waals surface area contributed by atoms with Crippen molar-refractivity contribution in [2.24, 2.45) is 5.73 Å². The smallest absolute Gasteiger partial charge is 0.330 e. The Hall–Kier alpha value is -3.04. The van der Waals surface area contributed by atoms with E-state index in [1.807, 2.05) is 37.3 Å². The van der Waals surface area contributed by atoms with E-state index in [-0.39, 0.29) is 11.7 Å². The lowest BCUT2D eigenvalue weighted by Gasteiger charge is -2.07. The number of esters is 1. The van der Waals surface area contributed by atoms with Gasteiger partial charge in [0.1, 0.15) is 5.00 Å². The lowest BCUT2D eigenvalue weighted by atomic mass is 10.1. The number of thiophene rings is 1. The molecule has 4 N–H and O–H groups in total. The van der Waals surface area contributed by atoms with Crippen molar-refractivity contribution in [1.29, 1.82) is 0 Å². The van der Waals surface area contributed by atoms with Crippen LogP contribution in [0.4, 0.5) is 5.00 Å². The summed E-state index contributed by atoms with van der Waals surface area (Å²) in [6.07, 6.45) is 2.66. The number of nitrogens with two attached hydrogens (primary N) is 1. The SMILES string of the molecule is CCOC(=O)/C=C/C(=O)NC(=S)Nc1sc(Cc2ccccc2)c(C)c1C(N)=O. The fourth-order valence-electron chi connectivity index (χ4n) is 2.52. The minimum atomic E-state index is -0.628. The van der Waals surface area contributed by atoms with E-state index in [0.29, 0.717) is 17.0 Å². The van der Waals surface area contributed by atoms with Crippen LogP contribution >= 0.6 is 23.6 Å². The number of hydrogen-bond donors (Lipinski definition) is 3. The number of amides is 2. The maximum Gasteiger partial charge on any atom is 0.330 e. The maximum absolute atomic E-state index is 11.9. The third kappa shape index (κ3) is 6.51. The van der Waals surface area contributed by atoms with Crippen molar-refractivity contribution in [3.8, 4) is 0 Å². The summed E-state index contributed by atoms with van der Waals surface area (Å²) in [4.78, 5) is 36.0. The molecule has 152 valence electrons. The first-order chi connectivity index (χ1) is 13.8. The molecule has 0 bridgehead atoms. The summed E-state index contributed by atoms with van der Waals surface area (Å²) >= 11 is 6.48. The van der Waals surface area contributed by atoms with Gasteiger partial charge in [0.05, 0.1) is 12.2 Å². The number of rotatable bonds is 7. The molecule has 2 amide bonds. The van der Waals surface area contributed by atoms with Crippen LogP contribution in [0, 0.1) is 6.92 Å². The van der Waals surface area contributed by atoms with E-state index in [4.69, 9.17) is 22.7 Å². The molecular formula is C20H21N3O4S2. The zero-order valence-electron chi connectivity index (χ0n) is 16.0. The number of ether oxygens (including phenoxy) is 1. The molecule has 0 saturated heterocycles. The molecule has 0 radical (unpaired) electrons. The molecule has 0 spiro atoms. The van der Waals surface area contributed by atoms with Gasteiger partial charge in [-0.3, -0.25) is 14.9 Å². The number of carbonyl (C=O) groups is 3. The molecule has 7 nitrogen and oxygen atoms in total. The first-order valence-corrected chi connectivity index (χ1v) is 9.97. The molecule has 0 fully saturated rings. The summed E-state index contributed by atoms with van der Waals surface area (Å²) in [6, 6.07) is 9.82. The number of anilines is 1. The van der Waals surface area contributed by atoms with Crippen LogP contribution in [0.25, 0.3) is 0 Å². The van der Waals surface area contributed by atoms with Crippen LogP contribution in [0.1, 0.15) is 33.3 Å². The number of thiocarbonyl (C=S) groups is 1. The van der Waals surface area contributed by atoms with Crippen molar-refractivity contribution in [3.05, 3.63) is 64.1 Å². The molecule has 1 aromatic carbocycles. The van der Waals surface area contributed by atoms with E-state index in [2.05, 4.69) is 10.6 Å². The van der Waals surface area contributed by atoms with Crippen molar-refractivity contribution in [2.45, 2.75) is 20.3 Å². The largest absolute Gasteiger partial charge is 0.463 e. The summed E-state index contributed by atoms with van der Waals surface area (Å²) in [5.74, 6) is -1.82. The molecule has 1 aromatic heterocycles. The number of primary amides is 1. The second-order valence-electron chi connectivity index (χ2n) is 5.91. The lowest BCUT2D eigenvalue weighted by Crippen LogP contribution is -2.33. The van der Waals surface area contributed by atoms with Gasteiger partial charge in [0.2, 0.25) is 5.91 Å². The fourth-order valence-corrected chi connectivity index (χ4v) is 4.03. The van der Waals surface area contributed by atoms with Crippen molar-refractivity contribution < 1.29 is 19.1 Å². The van der Waals surface area contributed by atoms with Crippen molar-refractivity contribution in [3.63, 3.8) is 0 Å². The first kappa shape index (κ1) is 22.3. The molecule has 29 heavy (non-hydrogen) atoms. The van der Waals surface area contributed by atoms with Crippen LogP contribution in [0.2, 0.25) is 0 Å². The Morgan fingerprint density at radius 1 is 1.21 bits per heavy atom. The Labute approximate surface area is 177 Å². The average Bonchev–Trinajstić information content (AvgIpc) is 2.96. The van der Waals surface area contributed by atoms with Gasteiger partial charge in [-0.2, -0.15) is 0 Å². The second kappa shape index (κ2) is 10.5. The lowest BCUT2D eigenvalue weighted by molar-refractivity contribution is -0.137. The van der Waals surface area contributed by atoms with Gasteiger partial charge in [0.15, 0.2) is 5.11 Å². The van der Waals surface area contributed by atoms with Gasteiger partial charge < -0.3 is 15.8 Å². The van der Waals surface area contributed by atoms with Crippen LogP contribution in [-0.2, 0) is 20.7 Å². The minimum absolute atomic E-state index is 0.0153. The number of carbonyl (C=O) groups excluding carboxylic acids is 3. The highest BCUT2D eigenvalue weighted by Gasteiger charge is 2.20. The number of hydrogen-bond acceptors (Lipinski definition) is 6. The zero-order valence-corrected chi connectivity index (χ0v) is 17.6. The molecular weight excluding hydrogens is 410 g/mol. The summed E-state index contributed by atoms with van der Waals surface area (Å²) < 4.78 is 4.70. The molecule has 0 aliphatic rings. The van der Waals surface area contributed by atoms with Gasteiger partial charge >= 0.3 is 5.97 Å². The quantitative estimate of drug-likeness (QED) is 0.353. The third-order valence-electron chi connectivity index (χ3n) is 3.82. The van der Waals surface area contributed by atoms with Crippen LogP contribution in [-0.4, -0.2) is 29.5 Å². The summed E-state index contributed by atoms with van der Waals surface area (Å²) in [5.41, 5.74) is 7.74. The predicted octanol–water partition coefficient (Wildman–Crippen LogP) is 2.68. The number of nitrogens with one attached hydrogen (secondary N) is 2. The Morgan fingerprint density at radius 3 is 2.52 bits per heavy atom. The van der Waals surface area contributed by atoms with Crippen LogP contribution in [0.15, 0.2) is 42.5 Å². The molecule has 0 atom stereocenters. The van der Waals surface area contributed by atoms with Crippen molar-refractivity contribution in [2.75, 3.05) is 11.9 Å². The van der Waals surface area contributed by atoms with E-state index < -0.39 is 17.8 Å². The Bertz CT molecular complexity index is 952. The highest BCUT2D eigenvalue weighted by molar-refractivity contribution is 7.80. The predicted molar refractivity (Wildman–Crippen MR) is 117 cm³/mol. The monoisotopic (exact) mass is 431 g/mol.